The summed E-state index contributed by atoms with van der Waals surface area (Å²) in [5.74, 6) is 0.0134. The lowest BCUT2D eigenvalue weighted by Gasteiger charge is -2.33. The minimum atomic E-state index is -0.484. The Balaban J connectivity index is 1.78. The molecular formula is C16H24N2O3. The standard InChI is InChI=1S/C16H24N2O3/c17-15(12-13-4-2-1-3-5-13)16(20)18-8-6-14(7-9-18)21-11-10-19/h1-5,14-15,19H,6-12,17H2/t15-/m1/s1. The smallest absolute Gasteiger partial charge is 0.239 e. The fourth-order valence-corrected chi connectivity index (χ4v) is 2.65. The number of carbonyl (C=O) groups excluding carboxylic acids is 1. The number of aliphatic hydroxyl groups is 1. The van der Waals surface area contributed by atoms with Crippen molar-refractivity contribution in [3.63, 3.8) is 0 Å². The number of hydrogen-bond donors (Lipinski definition) is 2. The highest BCUT2D eigenvalue weighted by Crippen LogP contribution is 2.15. The van der Waals surface area contributed by atoms with Gasteiger partial charge in [0.2, 0.25) is 5.91 Å². The molecule has 1 aliphatic heterocycles. The largest absolute Gasteiger partial charge is 0.394 e. The van der Waals surface area contributed by atoms with Crippen molar-refractivity contribution in [1.29, 1.82) is 0 Å². The molecule has 2 rings (SSSR count). The molecule has 5 heteroatoms. The van der Waals surface area contributed by atoms with Crippen molar-refractivity contribution < 1.29 is 14.6 Å². The van der Waals surface area contributed by atoms with Crippen LogP contribution in [-0.4, -0.2) is 54.4 Å². The molecule has 1 saturated heterocycles. The summed E-state index contributed by atoms with van der Waals surface area (Å²) in [6.45, 7) is 1.77. The van der Waals surface area contributed by atoms with Gasteiger partial charge in [-0.15, -0.1) is 0 Å². The number of aliphatic hydroxyl groups excluding tert-OH is 1. The molecule has 0 bridgehead atoms. The van der Waals surface area contributed by atoms with E-state index in [1.54, 1.807) is 0 Å². The number of hydrogen-bond acceptors (Lipinski definition) is 4. The van der Waals surface area contributed by atoms with Gasteiger partial charge < -0.3 is 20.5 Å². The minimum absolute atomic E-state index is 0.0134. The van der Waals surface area contributed by atoms with Gasteiger partial charge in [-0.3, -0.25) is 4.79 Å². The summed E-state index contributed by atoms with van der Waals surface area (Å²) < 4.78 is 5.50. The molecule has 0 spiro atoms. The number of amides is 1. The van der Waals surface area contributed by atoms with Crippen LogP contribution >= 0.6 is 0 Å². The number of piperidine rings is 1. The Morgan fingerprint density at radius 1 is 1.33 bits per heavy atom. The number of nitrogens with zero attached hydrogens (tertiary/aromatic N) is 1. The van der Waals surface area contributed by atoms with E-state index in [0.29, 0.717) is 26.1 Å². The van der Waals surface area contributed by atoms with Crippen molar-refractivity contribution in [1.82, 2.24) is 4.90 Å². The molecule has 1 atom stereocenters. The topological polar surface area (TPSA) is 75.8 Å². The Bertz CT molecular complexity index is 430. The van der Waals surface area contributed by atoms with Crippen molar-refractivity contribution in [3.8, 4) is 0 Å². The lowest BCUT2D eigenvalue weighted by atomic mass is 10.0. The summed E-state index contributed by atoms with van der Waals surface area (Å²) in [7, 11) is 0. The first kappa shape index (κ1) is 15.9. The van der Waals surface area contributed by atoms with Gasteiger partial charge in [0.1, 0.15) is 0 Å². The van der Waals surface area contributed by atoms with Crippen molar-refractivity contribution in [2.24, 2.45) is 5.73 Å². The predicted molar refractivity (Wildman–Crippen MR) is 80.8 cm³/mol. The summed E-state index contributed by atoms with van der Waals surface area (Å²) in [5, 5.41) is 8.74. The zero-order valence-electron chi connectivity index (χ0n) is 12.3. The van der Waals surface area contributed by atoms with Crippen LogP contribution in [0.3, 0.4) is 0 Å². The van der Waals surface area contributed by atoms with E-state index >= 15 is 0 Å². The third-order valence-electron chi connectivity index (χ3n) is 3.81. The Morgan fingerprint density at radius 2 is 2.00 bits per heavy atom. The Hall–Kier alpha value is -1.43. The van der Waals surface area contributed by atoms with Gasteiger partial charge in [0.05, 0.1) is 25.4 Å². The molecule has 1 aromatic carbocycles. The van der Waals surface area contributed by atoms with Crippen LogP contribution in [-0.2, 0) is 16.0 Å². The van der Waals surface area contributed by atoms with Gasteiger partial charge >= 0.3 is 0 Å². The second-order valence-corrected chi connectivity index (χ2v) is 5.42. The molecule has 0 aromatic heterocycles. The highest BCUT2D eigenvalue weighted by atomic mass is 16.5. The monoisotopic (exact) mass is 292 g/mol. The maximum atomic E-state index is 12.3. The summed E-state index contributed by atoms with van der Waals surface area (Å²) in [5.41, 5.74) is 7.12. The quantitative estimate of drug-likeness (QED) is 0.803. The van der Waals surface area contributed by atoms with Crippen molar-refractivity contribution in [2.45, 2.75) is 31.4 Å². The fourth-order valence-electron chi connectivity index (χ4n) is 2.65. The van der Waals surface area contributed by atoms with Crippen LogP contribution in [0.4, 0.5) is 0 Å². The van der Waals surface area contributed by atoms with Gasteiger partial charge in [-0.1, -0.05) is 30.3 Å². The second kappa shape index (κ2) is 8.12. The molecule has 1 aromatic rings. The van der Waals surface area contributed by atoms with Gasteiger partial charge in [-0.2, -0.15) is 0 Å². The van der Waals surface area contributed by atoms with Crippen molar-refractivity contribution in [3.05, 3.63) is 35.9 Å². The van der Waals surface area contributed by atoms with E-state index < -0.39 is 6.04 Å². The van der Waals surface area contributed by atoms with Gasteiger partial charge in [-0.25, -0.2) is 0 Å². The van der Waals surface area contributed by atoms with E-state index in [0.717, 1.165) is 18.4 Å². The molecule has 5 nitrogen and oxygen atoms in total. The maximum Gasteiger partial charge on any atom is 0.239 e. The van der Waals surface area contributed by atoms with Gasteiger partial charge in [-0.05, 0) is 24.8 Å². The van der Waals surface area contributed by atoms with E-state index in [9.17, 15) is 4.79 Å². The van der Waals surface area contributed by atoms with Crippen LogP contribution in [0.25, 0.3) is 0 Å². The van der Waals surface area contributed by atoms with Crippen LogP contribution in [0.15, 0.2) is 30.3 Å². The minimum Gasteiger partial charge on any atom is -0.394 e. The highest BCUT2D eigenvalue weighted by Gasteiger charge is 2.26. The molecule has 1 amide bonds. The lowest BCUT2D eigenvalue weighted by molar-refractivity contribution is -0.135. The highest BCUT2D eigenvalue weighted by molar-refractivity contribution is 5.82. The van der Waals surface area contributed by atoms with E-state index in [1.807, 2.05) is 35.2 Å². The normalized spacial score (nSPS) is 17.7. The lowest BCUT2D eigenvalue weighted by Crippen LogP contribution is -2.49. The predicted octanol–water partition coefficient (Wildman–Crippen LogP) is 0.556. The third-order valence-corrected chi connectivity index (χ3v) is 3.81. The molecule has 0 saturated carbocycles. The van der Waals surface area contributed by atoms with Crippen LogP contribution in [0, 0.1) is 0 Å². The van der Waals surface area contributed by atoms with E-state index in [2.05, 4.69) is 0 Å². The SMILES string of the molecule is N[C@H](Cc1ccccc1)C(=O)N1CCC(OCCO)CC1. The fraction of sp³-hybridized carbons (Fsp3) is 0.562. The molecular weight excluding hydrogens is 268 g/mol. The molecule has 1 heterocycles. The zero-order chi connectivity index (χ0) is 15.1. The Kier molecular flexibility index (Phi) is 6.17. The third kappa shape index (κ3) is 4.81. The number of rotatable bonds is 6. The maximum absolute atomic E-state index is 12.3. The van der Waals surface area contributed by atoms with E-state index in [4.69, 9.17) is 15.6 Å². The average molecular weight is 292 g/mol. The van der Waals surface area contributed by atoms with E-state index in [-0.39, 0.29) is 18.6 Å². The number of ether oxygens (including phenoxy) is 1. The first-order valence-electron chi connectivity index (χ1n) is 7.51. The number of likely N-dealkylation sites (tertiary alicyclic amines) is 1. The number of carbonyl (C=O) groups is 1. The van der Waals surface area contributed by atoms with Crippen LogP contribution in [0.1, 0.15) is 18.4 Å². The second-order valence-electron chi connectivity index (χ2n) is 5.42. The van der Waals surface area contributed by atoms with Crippen LogP contribution in [0.2, 0.25) is 0 Å². The number of benzene rings is 1. The van der Waals surface area contributed by atoms with Gasteiger partial charge in [0, 0.05) is 13.1 Å². The zero-order valence-corrected chi connectivity index (χ0v) is 12.3. The Morgan fingerprint density at radius 3 is 2.62 bits per heavy atom. The first-order valence-corrected chi connectivity index (χ1v) is 7.51. The molecule has 3 N–H and O–H groups in total. The molecule has 116 valence electrons. The molecule has 1 aliphatic rings. The summed E-state index contributed by atoms with van der Waals surface area (Å²) in [6.07, 6.45) is 2.33. The molecule has 1 fully saturated rings. The summed E-state index contributed by atoms with van der Waals surface area (Å²) >= 11 is 0. The van der Waals surface area contributed by atoms with Crippen molar-refractivity contribution in [2.75, 3.05) is 26.3 Å². The molecule has 0 unspecified atom stereocenters. The van der Waals surface area contributed by atoms with Crippen LogP contribution in [0.5, 0.6) is 0 Å². The van der Waals surface area contributed by atoms with E-state index in [1.165, 1.54) is 0 Å². The van der Waals surface area contributed by atoms with Crippen molar-refractivity contribution >= 4 is 5.91 Å². The molecule has 0 aliphatic carbocycles. The Labute approximate surface area is 125 Å². The molecule has 21 heavy (non-hydrogen) atoms. The first-order chi connectivity index (χ1) is 10.2. The van der Waals surface area contributed by atoms with Gasteiger partial charge in [0.25, 0.3) is 0 Å². The summed E-state index contributed by atoms with van der Waals surface area (Å²) in [6, 6.07) is 9.35. The molecule has 0 radical (unpaired) electrons. The number of nitrogens with two attached hydrogens (primary N) is 1. The van der Waals surface area contributed by atoms with Gasteiger partial charge in [0.15, 0.2) is 0 Å². The van der Waals surface area contributed by atoms with Crippen LogP contribution < -0.4 is 5.73 Å². The summed E-state index contributed by atoms with van der Waals surface area (Å²) in [4.78, 5) is 14.2. The average Bonchev–Trinajstić information content (AvgIpc) is 2.53.